The van der Waals surface area contributed by atoms with Gasteiger partial charge in [0.15, 0.2) is 18.5 Å². The fourth-order valence-electron chi connectivity index (χ4n) is 3.70. The van der Waals surface area contributed by atoms with E-state index in [-0.39, 0.29) is 31.6 Å². The summed E-state index contributed by atoms with van der Waals surface area (Å²) >= 11 is 0. The molecule has 3 aromatic rings. The molecule has 2 heterocycles. The number of fused-ring (bicyclic) bond motifs is 3. The van der Waals surface area contributed by atoms with Crippen LogP contribution in [-0.4, -0.2) is 35.6 Å². The number of hydrogen-bond donors (Lipinski definition) is 1. The largest absolute Gasteiger partial charge is 0.512 e. The smallest absolute Gasteiger partial charge is 0.494 e. The average Bonchev–Trinajstić information content (AvgIpc) is 3.02. The Morgan fingerprint density at radius 3 is 2.53 bits per heavy atom. The average molecular weight is 577 g/mol. The van der Waals surface area contributed by atoms with Gasteiger partial charge in [0.2, 0.25) is 0 Å². The minimum absolute atomic E-state index is 0. The van der Waals surface area contributed by atoms with Gasteiger partial charge in [-0.1, -0.05) is 33.4 Å². The van der Waals surface area contributed by atoms with Gasteiger partial charge in [-0.25, -0.2) is 0 Å². The maximum atomic E-state index is 10.0. The number of benzene rings is 3. The van der Waals surface area contributed by atoms with Gasteiger partial charge in [-0.15, -0.1) is 29.0 Å². The Kier molecular flexibility index (Phi) is 6.04. The van der Waals surface area contributed by atoms with Gasteiger partial charge in [0.05, 0.1) is 5.76 Å². The molecule has 0 fully saturated rings. The van der Waals surface area contributed by atoms with E-state index in [1.807, 2.05) is 11.6 Å². The molecular formula is C24H22IrN3O2+. The van der Waals surface area contributed by atoms with Gasteiger partial charge < -0.3 is 10.0 Å². The number of rotatable bonds is 1. The van der Waals surface area contributed by atoms with Crippen LogP contribution in [0, 0.1) is 6.07 Å². The second kappa shape index (κ2) is 8.37. The fraction of sp³-hybridized carbons (Fsp3) is 0.167. The first-order chi connectivity index (χ1) is 13.9. The second-order valence-electron chi connectivity index (χ2n) is 7.19. The molecule has 0 atom stereocenters. The monoisotopic (exact) mass is 577 g/mol. The van der Waals surface area contributed by atoms with Crippen LogP contribution in [0.25, 0.3) is 10.8 Å². The standard InChI is InChI=1S/C19H14N3.C5H8O2.Ir/c1-20-12-22-18-11-14-7-4-3-6-13(14)10-17(18)21(2)16-9-5-8-15(20)19(16)22;1-4(6)3-5(2)7;/h3-10H,1-2H3;3,6H,1-2H3;/q+1;;/b;4-3-;. The zero-order valence-corrected chi connectivity index (χ0v) is 19.6. The third kappa shape index (κ3) is 3.73. The number of para-hydroxylation sites is 1. The molecule has 0 bridgehead atoms. The quantitative estimate of drug-likeness (QED) is 0.191. The molecule has 2 aliphatic heterocycles. The number of aliphatic hydroxyl groups is 1. The maximum absolute atomic E-state index is 10.0. The molecule has 0 unspecified atom stereocenters. The van der Waals surface area contributed by atoms with Crippen LogP contribution in [0.2, 0.25) is 0 Å². The van der Waals surface area contributed by atoms with E-state index >= 15 is 0 Å². The Labute approximate surface area is 189 Å². The molecule has 0 aromatic heterocycles. The number of carbonyl (C=O) groups is 1. The Bertz CT molecular complexity index is 1270. The summed E-state index contributed by atoms with van der Waals surface area (Å²) in [4.78, 5) is 12.3. The topological polar surface area (TPSA) is 46.6 Å². The summed E-state index contributed by atoms with van der Waals surface area (Å²) in [6.45, 7) is 2.85. The number of ketones is 1. The maximum Gasteiger partial charge on any atom is 0.494 e. The van der Waals surface area contributed by atoms with Gasteiger partial charge in [-0.2, -0.15) is 0 Å². The van der Waals surface area contributed by atoms with E-state index < -0.39 is 0 Å². The molecule has 1 radical (unpaired) electrons. The van der Waals surface area contributed by atoms with Crippen molar-refractivity contribution in [2.75, 3.05) is 19.0 Å². The van der Waals surface area contributed by atoms with Gasteiger partial charge >= 0.3 is 11.7 Å². The zero-order chi connectivity index (χ0) is 20.7. The van der Waals surface area contributed by atoms with E-state index in [9.17, 15) is 4.79 Å². The summed E-state index contributed by atoms with van der Waals surface area (Å²) in [6, 6.07) is 24.0. The second-order valence-corrected chi connectivity index (χ2v) is 7.19. The first kappa shape index (κ1) is 21.7. The minimum atomic E-state index is -0.125. The molecule has 6 heteroatoms. The van der Waals surface area contributed by atoms with Crippen LogP contribution >= 0.6 is 0 Å². The van der Waals surface area contributed by atoms with Crippen molar-refractivity contribution in [1.82, 2.24) is 4.58 Å². The molecule has 5 nitrogen and oxygen atoms in total. The van der Waals surface area contributed by atoms with E-state index in [0.717, 1.165) is 16.8 Å². The van der Waals surface area contributed by atoms with Crippen molar-refractivity contribution < 1.29 is 34.6 Å². The first-order valence-electron chi connectivity index (χ1n) is 9.36. The normalized spacial score (nSPS) is 13.3. The predicted molar refractivity (Wildman–Crippen MR) is 117 cm³/mol. The van der Waals surface area contributed by atoms with Crippen LogP contribution in [0.1, 0.15) is 13.8 Å². The van der Waals surface area contributed by atoms with Gasteiger partial charge in [0.25, 0.3) is 5.69 Å². The third-order valence-electron chi connectivity index (χ3n) is 4.94. The molecule has 2 aliphatic rings. The third-order valence-corrected chi connectivity index (χ3v) is 4.94. The molecule has 30 heavy (non-hydrogen) atoms. The Balaban J connectivity index is 0.000000281. The van der Waals surface area contributed by atoms with E-state index in [0.29, 0.717) is 0 Å². The summed E-state index contributed by atoms with van der Waals surface area (Å²) < 4.78 is 4.18. The molecule has 5 rings (SSSR count). The van der Waals surface area contributed by atoms with Crippen LogP contribution in [0.5, 0.6) is 0 Å². The SMILES string of the molecule is CC(=O)/C=C(/C)O.CN1c2cc3ccccc3[c-]c2[N+]2=C=[N+](C)c3cccc1c32.[Ir]. The summed E-state index contributed by atoms with van der Waals surface area (Å²) in [6.07, 6.45) is 1.17. The number of hydrogen-bond acceptors (Lipinski definition) is 3. The number of nitrogens with zero attached hydrogens (tertiary/aromatic N) is 3. The predicted octanol–water partition coefficient (Wildman–Crippen LogP) is 5.05. The van der Waals surface area contributed by atoms with Crippen molar-refractivity contribution >= 4 is 51.0 Å². The molecule has 0 amide bonds. The minimum Gasteiger partial charge on any atom is -0.512 e. The van der Waals surface area contributed by atoms with Crippen molar-refractivity contribution in [2.45, 2.75) is 13.8 Å². The van der Waals surface area contributed by atoms with Gasteiger partial charge in [0.1, 0.15) is 5.69 Å². The summed E-state index contributed by atoms with van der Waals surface area (Å²) in [5, 5.41) is 10.7. The van der Waals surface area contributed by atoms with Gasteiger partial charge in [-0.3, -0.25) is 4.79 Å². The number of carbonyl (C=O) groups excluding carboxylic acids is 1. The van der Waals surface area contributed by atoms with Crippen LogP contribution in [-0.2, 0) is 24.9 Å². The van der Waals surface area contributed by atoms with E-state index in [2.05, 4.69) is 77.1 Å². The molecule has 3 aromatic carbocycles. The van der Waals surface area contributed by atoms with Crippen LogP contribution in [0.4, 0.5) is 28.4 Å². The molecular weight excluding hydrogens is 555 g/mol. The van der Waals surface area contributed by atoms with Crippen LogP contribution in [0.3, 0.4) is 0 Å². The molecule has 1 N–H and O–H groups in total. The van der Waals surface area contributed by atoms with Crippen molar-refractivity contribution in [3.05, 3.63) is 66.4 Å². The van der Waals surface area contributed by atoms with Crippen LogP contribution < -0.4 is 9.48 Å². The van der Waals surface area contributed by atoms with E-state index in [1.54, 1.807) is 0 Å². The van der Waals surface area contributed by atoms with Crippen molar-refractivity contribution in [3.8, 4) is 0 Å². The summed E-state index contributed by atoms with van der Waals surface area (Å²) in [7, 11) is 4.15. The number of allylic oxidation sites excluding steroid dienone is 2. The van der Waals surface area contributed by atoms with Crippen LogP contribution in [0.15, 0.2) is 60.4 Å². The zero-order valence-electron chi connectivity index (χ0n) is 17.2. The fourth-order valence-corrected chi connectivity index (χ4v) is 3.70. The Morgan fingerprint density at radius 2 is 1.87 bits per heavy atom. The van der Waals surface area contributed by atoms with Gasteiger partial charge in [0, 0.05) is 45.0 Å². The number of anilines is 2. The number of aliphatic hydroxyl groups excluding tert-OH is 1. The van der Waals surface area contributed by atoms with E-state index in [1.165, 1.54) is 42.4 Å². The molecule has 0 saturated heterocycles. The first-order valence-corrected chi connectivity index (χ1v) is 9.36. The van der Waals surface area contributed by atoms with E-state index in [4.69, 9.17) is 5.11 Å². The summed E-state index contributed by atoms with van der Waals surface area (Å²) in [5.74, 6) is -0.0625. The molecule has 0 spiro atoms. The Hall–Kier alpha value is -3.04. The summed E-state index contributed by atoms with van der Waals surface area (Å²) in [5.41, 5.74) is 5.78. The van der Waals surface area contributed by atoms with Crippen molar-refractivity contribution in [1.29, 1.82) is 0 Å². The van der Waals surface area contributed by atoms with Crippen molar-refractivity contribution in [3.63, 3.8) is 0 Å². The Morgan fingerprint density at radius 1 is 1.13 bits per heavy atom. The molecule has 0 saturated carbocycles. The molecule has 153 valence electrons. The molecule has 0 aliphatic carbocycles. The van der Waals surface area contributed by atoms with Gasteiger partial charge in [-0.05, 0) is 19.9 Å². The van der Waals surface area contributed by atoms with Crippen molar-refractivity contribution in [2.24, 2.45) is 0 Å².